The van der Waals surface area contributed by atoms with Crippen LogP contribution in [0.2, 0.25) is 15.1 Å². The summed E-state index contributed by atoms with van der Waals surface area (Å²) in [7, 11) is 0. The molecule has 0 aromatic heterocycles. The molecule has 0 spiro atoms. The van der Waals surface area contributed by atoms with E-state index in [1.807, 2.05) is 12.1 Å². The van der Waals surface area contributed by atoms with Crippen LogP contribution in [0.4, 0.5) is 5.69 Å². The molecular formula is C24H26Cl3N3O2. The number of hydrazone groups is 1. The van der Waals surface area contributed by atoms with Crippen LogP contribution in [-0.4, -0.2) is 30.8 Å². The molecule has 0 fully saturated rings. The lowest BCUT2D eigenvalue weighted by atomic mass is 9.88. The summed E-state index contributed by atoms with van der Waals surface area (Å²) < 4.78 is 5.41. The van der Waals surface area contributed by atoms with Gasteiger partial charge in [0.1, 0.15) is 5.75 Å². The fourth-order valence-electron chi connectivity index (χ4n) is 3.79. The number of carbonyl (C=O) groups is 1. The quantitative estimate of drug-likeness (QED) is 0.349. The number of carbonyl (C=O) groups excluding carboxylic acids is 1. The van der Waals surface area contributed by atoms with Gasteiger partial charge in [0, 0.05) is 28.4 Å². The van der Waals surface area contributed by atoms with Crippen molar-refractivity contribution in [2.24, 2.45) is 5.10 Å². The minimum absolute atomic E-state index is 0.0903. The third kappa shape index (κ3) is 5.58. The van der Waals surface area contributed by atoms with E-state index in [0.29, 0.717) is 20.8 Å². The highest BCUT2D eigenvalue weighted by Crippen LogP contribution is 2.41. The highest BCUT2D eigenvalue weighted by Gasteiger charge is 2.31. The number of anilines is 1. The molecule has 0 saturated carbocycles. The van der Waals surface area contributed by atoms with E-state index >= 15 is 0 Å². The van der Waals surface area contributed by atoms with E-state index < -0.39 is 5.91 Å². The number of benzene rings is 2. The summed E-state index contributed by atoms with van der Waals surface area (Å²) in [5.41, 5.74) is 6.47. The maximum Gasteiger partial charge on any atom is 0.277 e. The van der Waals surface area contributed by atoms with E-state index in [1.54, 1.807) is 18.2 Å². The SMILES string of the molecule is CCCN1c2cc(Cl)c(/C=N/NC(=O)COc3ccc(Cl)cc3Cl)cc2C(C)=CC1(C)C. The third-order valence-corrected chi connectivity index (χ3v) is 6.05. The average molecular weight is 495 g/mol. The van der Waals surface area contributed by atoms with Gasteiger partial charge in [-0.3, -0.25) is 4.79 Å². The summed E-state index contributed by atoms with van der Waals surface area (Å²) >= 11 is 18.4. The Labute approximate surface area is 204 Å². The molecule has 1 N–H and O–H groups in total. The lowest BCUT2D eigenvalue weighted by Gasteiger charge is -2.43. The molecule has 0 radical (unpaired) electrons. The number of ether oxygens (including phenoxy) is 1. The Morgan fingerprint density at radius 2 is 1.94 bits per heavy atom. The molecule has 8 heteroatoms. The molecule has 32 heavy (non-hydrogen) atoms. The van der Waals surface area contributed by atoms with Crippen LogP contribution in [0.1, 0.15) is 45.2 Å². The lowest BCUT2D eigenvalue weighted by Crippen LogP contribution is -2.45. The summed E-state index contributed by atoms with van der Waals surface area (Å²) in [5.74, 6) is -0.0527. The Bertz CT molecular complexity index is 1080. The summed E-state index contributed by atoms with van der Waals surface area (Å²) in [5, 5.41) is 5.42. The number of amides is 1. The Morgan fingerprint density at radius 3 is 2.62 bits per heavy atom. The van der Waals surface area contributed by atoms with E-state index in [9.17, 15) is 4.79 Å². The van der Waals surface area contributed by atoms with E-state index in [1.165, 1.54) is 11.8 Å². The van der Waals surface area contributed by atoms with E-state index in [-0.39, 0.29) is 12.1 Å². The van der Waals surface area contributed by atoms with Gasteiger partial charge in [0.05, 0.1) is 21.8 Å². The Balaban J connectivity index is 1.70. The normalized spacial score (nSPS) is 14.8. The zero-order chi connectivity index (χ0) is 23.5. The van der Waals surface area contributed by atoms with Crippen LogP contribution < -0.4 is 15.1 Å². The molecule has 2 aromatic carbocycles. The molecule has 170 valence electrons. The standard InChI is InChI=1S/C24H26Cl3N3O2/c1-5-8-30-21-11-19(26)16(9-18(21)15(2)12-24(30,3)4)13-28-29-23(31)14-32-22-7-6-17(25)10-20(22)27/h6-7,9-13H,5,8,14H2,1-4H3,(H,29,31)/b28-13+. The minimum Gasteiger partial charge on any atom is -0.482 e. The first-order valence-corrected chi connectivity index (χ1v) is 11.5. The molecule has 1 heterocycles. The fraction of sp³-hybridized carbons (Fsp3) is 0.333. The minimum atomic E-state index is -0.423. The van der Waals surface area contributed by atoms with Gasteiger partial charge in [0.25, 0.3) is 5.91 Å². The van der Waals surface area contributed by atoms with Gasteiger partial charge in [-0.1, -0.05) is 47.8 Å². The molecule has 1 aliphatic heterocycles. The number of halogens is 3. The first-order chi connectivity index (χ1) is 15.1. The van der Waals surface area contributed by atoms with Gasteiger partial charge < -0.3 is 9.64 Å². The van der Waals surface area contributed by atoms with E-state index in [0.717, 1.165) is 29.8 Å². The second-order valence-electron chi connectivity index (χ2n) is 8.18. The van der Waals surface area contributed by atoms with Crippen molar-refractivity contribution in [3.8, 4) is 5.75 Å². The molecule has 1 aliphatic rings. The van der Waals surface area contributed by atoms with Crippen molar-refractivity contribution in [2.45, 2.75) is 39.7 Å². The predicted octanol–water partition coefficient (Wildman–Crippen LogP) is 6.59. The van der Waals surface area contributed by atoms with Crippen LogP contribution in [-0.2, 0) is 4.79 Å². The molecule has 3 rings (SSSR count). The van der Waals surface area contributed by atoms with Gasteiger partial charge in [0.2, 0.25) is 0 Å². The Morgan fingerprint density at radius 1 is 1.19 bits per heavy atom. The van der Waals surface area contributed by atoms with Gasteiger partial charge >= 0.3 is 0 Å². The second kappa shape index (κ2) is 10.2. The van der Waals surface area contributed by atoms with Crippen LogP contribution in [0.15, 0.2) is 41.5 Å². The van der Waals surface area contributed by atoms with Crippen molar-refractivity contribution >= 4 is 58.2 Å². The van der Waals surface area contributed by atoms with E-state index in [4.69, 9.17) is 39.5 Å². The van der Waals surface area contributed by atoms with Gasteiger partial charge in [-0.2, -0.15) is 5.10 Å². The predicted molar refractivity (Wildman–Crippen MR) is 135 cm³/mol. The number of hydrogen-bond donors (Lipinski definition) is 1. The third-order valence-electron chi connectivity index (χ3n) is 5.19. The zero-order valence-electron chi connectivity index (χ0n) is 18.5. The molecule has 1 amide bonds. The maximum atomic E-state index is 12.1. The summed E-state index contributed by atoms with van der Waals surface area (Å²) in [6.45, 7) is 9.36. The molecule has 0 saturated heterocycles. The smallest absolute Gasteiger partial charge is 0.277 e. The number of hydrogen-bond acceptors (Lipinski definition) is 4. The molecular weight excluding hydrogens is 469 g/mol. The number of nitrogens with one attached hydrogen (secondary N) is 1. The van der Waals surface area contributed by atoms with Crippen molar-refractivity contribution in [3.05, 3.63) is 62.6 Å². The topological polar surface area (TPSA) is 53.9 Å². The largest absolute Gasteiger partial charge is 0.482 e. The Kier molecular flexibility index (Phi) is 7.75. The molecule has 2 aromatic rings. The van der Waals surface area contributed by atoms with Crippen molar-refractivity contribution in [2.75, 3.05) is 18.1 Å². The highest BCUT2D eigenvalue weighted by molar-refractivity contribution is 6.35. The Hall–Kier alpha value is -2.21. The lowest BCUT2D eigenvalue weighted by molar-refractivity contribution is -0.123. The van der Waals surface area contributed by atoms with Gasteiger partial charge in [-0.25, -0.2) is 5.43 Å². The van der Waals surface area contributed by atoms with E-state index in [2.05, 4.69) is 49.2 Å². The van der Waals surface area contributed by atoms with Crippen molar-refractivity contribution in [1.29, 1.82) is 0 Å². The van der Waals surface area contributed by atoms with Crippen molar-refractivity contribution < 1.29 is 9.53 Å². The molecule has 0 aliphatic carbocycles. The van der Waals surface area contributed by atoms with Crippen LogP contribution in [0.3, 0.4) is 0 Å². The summed E-state index contributed by atoms with van der Waals surface area (Å²) in [6.07, 6.45) is 4.83. The number of nitrogens with zero attached hydrogens (tertiary/aromatic N) is 2. The van der Waals surface area contributed by atoms with Crippen LogP contribution in [0.25, 0.3) is 5.57 Å². The highest BCUT2D eigenvalue weighted by atomic mass is 35.5. The number of rotatable bonds is 7. The molecule has 0 unspecified atom stereocenters. The maximum absolute atomic E-state index is 12.1. The van der Waals surface area contributed by atoms with Gasteiger partial charge in [-0.05, 0) is 63.1 Å². The first kappa shape index (κ1) is 24.4. The van der Waals surface area contributed by atoms with Crippen LogP contribution in [0, 0.1) is 0 Å². The van der Waals surface area contributed by atoms with Gasteiger partial charge in [-0.15, -0.1) is 0 Å². The molecule has 0 atom stereocenters. The number of fused-ring (bicyclic) bond motifs is 1. The number of allylic oxidation sites excluding steroid dienone is 1. The average Bonchev–Trinajstić information content (AvgIpc) is 2.71. The monoisotopic (exact) mass is 493 g/mol. The molecule has 5 nitrogen and oxygen atoms in total. The first-order valence-electron chi connectivity index (χ1n) is 10.3. The van der Waals surface area contributed by atoms with Crippen LogP contribution >= 0.6 is 34.8 Å². The van der Waals surface area contributed by atoms with Gasteiger partial charge in [0.15, 0.2) is 6.61 Å². The van der Waals surface area contributed by atoms with Crippen molar-refractivity contribution in [3.63, 3.8) is 0 Å². The fourth-order valence-corrected chi connectivity index (χ4v) is 4.46. The molecule has 0 bridgehead atoms. The van der Waals surface area contributed by atoms with Crippen LogP contribution in [0.5, 0.6) is 5.75 Å². The zero-order valence-corrected chi connectivity index (χ0v) is 20.8. The summed E-state index contributed by atoms with van der Waals surface area (Å²) in [6, 6.07) is 8.76. The second-order valence-corrected chi connectivity index (χ2v) is 9.43. The summed E-state index contributed by atoms with van der Waals surface area (Å²) in [4.78, 5) is 14.4. The van der Waals surface area contributed by atoms with Crippen molar-refractivity contribution in [1.82, 2.24) is 5.43 Å².